The normalized spacial score (nSPS) is 11.6. The number of aryl methyl sites for hydroxylation is 2. The molecule has 1 amide bonds. The predicted molar refractivity (Wildman–Crippen MR) is 82.8 cm³/mol. The number of carbonyl (C=O) groups excluding carboxylic acids is 1. The van der Waals surface area contributed by atoms with Crippen LogP contribution in [0.3, 0.4) is 0 Å². The molecule has 130 valence electrons. The van der Waals surface area contributed by atoms with Crippen LogP contribution in [0.15, 0.2) is 41.3 Å². The van der Waals surface area contributed by atoms with Crippen molar-refractivity contribution in [3.05, 3.63) is 53.7 Å². The van der Waals surface area contributed by atoms with Gasteiger partial charge in [-0.15, -0.1) is 0 Å². The SMILES string of the molecule is Cc1noc(NC(=O)c2cncn2C)c1-c1cccc(C(F)(F)F)c1. The number of nitrogens with one attached hydrogen (secondary N) is 1. The molecule has 0 spiro atoms. The number of aromatic nitrogens is 3. The molecule has 25 heavy (non-hydrogen) atoms. The van der Waals surface area contributed by atoms with Crippen LogP contribution in [0.4, 0.5) is 19.1 Å². The minimum Gasteiger partial charge on any atom is -0.337 e. The van der Waals surface area contributed by atoms with Crippen molar-refractivity contribution >= 4 is 11.8 Å². The largest absolute Gasteiger partial charge is 0.416 e. The summed E-state index contributed by atoms with van der Waals surface area (Å²) < 4.78 is 45.4. The highest BCUT2D eigenvalue weighted by Gasteiger charge is 2.31. The van der Waals surface area contributed by atoms with Crippen LogP contribution < -0.4 is 5.32 Å². The lowest BCUT2D eigenvalue weighted by molar-refractivity contribution is -0.137. The molecule has 0 aliphatic rings. The summed E-state index contributed by atoms with van der Waals surface area (Å²) >= 11 is 0. The predicted octanol–water partition coefficient (Wildman–Crippen LogP) is 3.65. The quantitative estimate of drug-likeness (QED) is 0.782. The molecule has 0 fully saturated rings. The van der Waals surface area contributed by atoms with E-state index < -0.39 is 17.6 Å². The minimum absolute atomic E-state index is 0.0250. The number of anilines is 1. The fourth-order valence-electron chi connectivity index (χ4n) is 2.39. The van der Waals surface area contributed by atoms with Crippen LogP contribution in [0.25, 0.3) is 11.1 Å². The molecular formula is C16H13F3N4O2. The van der Waals surface area contributed by atoms with Gasteiger partial charge in [0.15, 0.2) is 0 Å². The smallest absolute Gasteiger partial charge is 0.337 e. The second-order valence-corrected chi connectivity index (χ2v) is 5.39. The van der Waals surface area contributed by atoms with Gasteiger partial charge < -0.3 is 9.09 Å². The molecular weight excluding hydrogens is 337 g/mol. The van der Waals surface area contributed by atoms with E-state index in [1.807, 2.05) is 0 Å². The van der Waals surface area contributed by atoms with Crippen molar-refractivity contribution < 1.29 is 22.5 Å². The van der Waals surface area contributed by atoms with Crippen molar-refractivity contribution in [2.45, 2.75) is 13.1 Å². The van der Waals surface area contributed by atoms with Crippen molar-refractivity contribution in [1.29, 1.82) is 0 Å². The topological polar surface area (TPSA) is 73.0 Å². The zero-order valence-corrected chi connectivity index (χ0v) is 13.3. The summed E-state index contributed by atoms with van der Waals surface area (Å²) in [5.74, 6) is -0.535. The lowest BCUT2D eigenvalue weighted by atomic mass is 10.0. The molecule has 0 saturated carbocycles. The zero-order chi connectivity index (χ0) is 18.2. The summed E-state index contributed by atoms with van der Waals surface area (Å²) in [6.07, 6.45) is -1.66. The fourth-order valence-corrected chi connectivity index (χ4v) is 2.39. The Bertz CT molecular complexity index is 928. The Hall–Kier alpha value is -3.10. The van der Waals surface area contributed by atoms with Crippen molar-refractivity contribution in [1.82, 2.24) is 14.7 Å². The summed E-state index contributed by atoms with van der Waals surface area (Å²) in [7, 11) is 1.64. The number of amides is 1. The third kappa shape index (κ3) is 3.25. The van der Waals surface area contributed by atoms with Crippen LogP contribution in [0.1, 0.15) is 21.7 Å². The highest BCUT2D eigenvalue weighted by molar-refractivity contribution is 6.04. The molecule has 0 aliphatic carbocycles. The van der Waals surface area contributed by atoms with Gasteiger partial charge in [0.25, 0.3) is 5.91 Å². The number of rotatable bonds is 3. The van der Waals surface area contributed by atoms with Crippen LogP contribution in [-0.2, 0) is 13.2 Å². The molecule has 1 N–H and O–H groups in total. The molecule has 1 aromatic carbocycles. The third-order valence-corrected chi connectivity index (χ3v) is 3.62. The molecule has 2 aromatic heterocycles. The Kier molecular flexibility index (Phi) is 4.07. The number of benzene rings is 1. The maximum Gasteiger partial charge on any atom is 0.416 e. The van der Waals surface area contributed by atoms with E-state index in [-0.39, 0.29) is 17.1 Å². The first-order valence-electron chi connectivity index (χ1n) is 7.19. The van der Waals surface area contributed by atoms with E-state index in [0.717, 1.165) is 12.1 Å². The van der Waals surface area contributed by atoms with Gasteiger partial charge in [-0.1, -0.05) is 17.3 Å². The number of nitrogens with zero attached hydrogens (tertiary/aromatic N) is 3. The molecule has 9 heteroatoms. The first kappa shape index (κ1) is 16.7. The van der Waals surface area contributed by atoms with Gasteiger partial charge >= 0.3 is 6.18 Å². The number of alkyl halides is 3. The maximum atomic E-state index is 12.9. The lowest BCUT2D eigenvalue weighted by Crippen LogP contribution is -2.15. The number of halogens is 3. The molecule has 3 rings (SSSR count). The first-order valence-corrected chi connectivity index (χ1v) is 7.19. The molecule has 0 aliphatic heterocycles. The van der Waals surface area contributed by atoms with E-state index in [0.29, 0.717) is 11.3 Å². The van der Waals surface area contributed by atoms with Gasteiger partial charge in [-0.3, -0.25) is 10.1 Å². The molecule has 0 radical (unpaired) electrons. The molecule has 0 unspecified atom stereocenters. The van der Waals surface area contributed by atoms with Gasteiger partial charge in [0, 0.05) is 7.05 Å². The van der Waals surface area contributed by atoms with E-state index in [2.05, 4.69) is 15.5 Å². The first-order chi connectivity index (χ1) is 11.8. The van der Waals surface area contributed by atoms with Crippen LogP contribution in [0, 0.1) is 6.92 Å². The van der Waals surface area contributed by atoms with Gasteiger partial charge in [-0.2, -0.15) is 13.2 Å². The van der Waals surface area contributed by atoms with Crippen molar-refractivity contribution in [3.8, 4) is 11.1 Å². The molecule has 0 saturated heterocycles. The van der Waals surface area contributed by atoms with Gasteiger partial charge in [0.05, 0.1) is 29.3 Å². The van der Waals surface area contributed by atoms with Gasteiger partial charge in [0.2, 0.25) is 5.88 Å². The highest BCUT2D eigenvalue weighted by atomic mass is 19.4. The number of hydrogen-bond donors (Lipinski definition) is 1. The zero-order valence-electron chi connectivity index (χ0n) is 13.3. The summed E-state index contributed by atoms with van der Waals surface area (Å²) in [5.41, 5.74) is 0.369. The summed E-state index contributed by atoms with van der Waals surface area (Å²) in [6, 6.07) is 4.74. The fraction of sp³-hybridized carbons (Fsp3) is 0.188. The molecule has 6 nitrogen and oxygen atoms in total. The van der Waals surface area contributed by atoms with Crippen LogP contribution in [-0.4, -0.2) is 20.6 Å². The van der Waals surface area contributed by atoms with E-state index >= 15 is 0 Å². The Morgan fingerprint density at radius 1 is 1.32 bits per heavy atom. The van der Waals surface area contributed by atoms with Crippen LogP contribution in [0.5, 0.6) is 0 Å². The van der Waals surface area contributed by atoms with Gasteiger partial charge in [-0.25, -0.2) is 4.98 Å². The van der Waals surface area contributed by atoms with E-state index in [1.165, 1.54) is 29.2 Å². The van der Waals surface area contributed by atoms with Crippen molar-refractivity contribution in [2.75, 3.05) is 5.32 Å². The Balaban J connectivity index is 1.98. The summed E-state index contributed by atoms with van der Waals surface area (Å²) in [4.78, 5) is 16.1. The molecule has 0 atom stereocenters. The Morgan fingerprint density at radius 3 is 2.72 bits per heavy atom. The van der Waals surface area contributed by atoms with Crippen molar-refractivity contribution in [3.63, 3.8) is 0 Å². The molecule has 2 heterocycles. The second-order valence-electron chi connectivity index (χ2n) is 5.39. The number of imidazole rings is 1. The van der Waals surface area contributed by atoms with Crippen molar-refractivity contribution in [2.24, 2.45) is 7.05 Å². The maximum absolute atomic E-state index is 12.9. The average Bonchev–Trinajstić information content (AvgIpc) is 3.13. The number of hydrogen-bond acceptors (Lipinski definition) is 4. The monoisotopic (exact) mass is 350 g/mol. The van der Waals surface area contributed by atoms with Crippen LogP contribution in [0.2, 0.25) is 0 Å². The summed E-state index contributed by atoms with van der Waals surface area (Å²) in [5, 5.41) is 6.27. The third-order valence-electron chi connectivity index (χ3n) is 3.62. The molecule has 0 bridgehead atoms. The summed E-state index contributed by atoms with van der Waals surface area (Å²) in [6.45, 7) is 1.58. The highest BCUT2D eigenvalue weighted by Crippen LogP contribution is 2.36. The Morgan fingerprint density at radius 2 is 2.08 bits per heavy atom. The standard InChI is InChI=1S/C16H13F3N4O2/c1-9-13(10-4-3-5-11(6-10)16(17,18)19)15(25-22-9)21-14(24)12-7-20-8-23(12)2/h3-8H,1-2H3,(H,21,24). The average molecular weight is 350 g/mol. The minimum atomic E-state index is -4.47. The van der Waals surface area contributed by atoms with E-state index in [4.69, 9.17) is 4.52 Å². The molecule has 3 aromatic rings. The van der Waals surface area contributed by atoms with E-state index in [9.17, 15) is 18.0 Å². The number of carbonyl (C=O) groups is 1. The van der Waals surface area contributed by atoms with Gasteiger partial charge in [0.1, 0.15) is 5.69 Å². The van der Waals surface area contributed by atoms with Gasteiger partial charge in [-0.05, 0) is 24.6 Å². The Labute approximate surface area is 140 Å². The lowest BCUT2D eigenvalue weighted by Gasteiger charge is -2.09. The van der Waals surface area contributed by atoms with Crippen LogP contribution >= 0.6 is 0 Å². The van der Waals surface area contributed by atoms with E-state index in [1.54, 1.807) is 14.0 Å². The second kappa shape index (κ2) is 6.08.